The van der Waals surface area contributed by atoms with Crippen LogP contribution in [-0.2, 0) is 9.59 Å². The summed E-state index contributed by atoms with van der Waals surface area (Å²) >= 11 is 0. The van der Waals surface area contributed by atoms with Crippen LogP contribution < -0.4 is 0 Å². The van der Waals surface area contributed by atoms with Gasteiger partial charge in [-0.15, -0.1) is 0 Å². The van der Waals surface area contributed by atoms with E-state index in [4.69, 9.17) is 0 Å². The second-order valence-corrected chi connectivity index (χ2v) is 3.26. The van der Waals surface area contributed by atoms with Gasteiger partial charge in [0.1, 0.15) is 12.1 Å². The second-order valence-electron chi connectivity index (χ2n) is 3.26. The van der Waals surface area contributed by atoms with Crippen LogP contribution in [0.25, 0.3) is 0 Å². The molecule has 1 fully saturated rings. The summed E-state index contributed by atoms with van der Waals surface area (Å²) < 4.78 is 0. The van der Waals surface area contributed by atoms with E-state index in [2.05, 4.69) is 6.92 Å². The molecule has 0 bridgehead atoms. The van der Waals surface area contributed by atoms with E-state index in [0.29, 0.717) is 12.3 Å². The summed E-state index contributed by atoms with van der Waals surface area (Å²) in [5, 5.41) is 0. The highest BCUT2D eigenvalue weighted by Gasteiger charge is 2.26. The molecule has 0 N–H and O–H groups in total. The molecule has 2 nitrogen and oxygen atoms in total. The van der Waals surface area contributed by atoms with Crippen molar-refractivity contribution in [3.63, 3.8) is 0 Å². The predicted molar refractivity (Wildman–Crippen MR) is 42.2 cm³/mol. The number of hydrogen-bond donors (Lipinski definition) is 0. The SMILES string of the molecule is CCC1CCC(=O)C(C=O)C1. The maximum Gasteiger partial charge on any atom is 0.143 e. The van der Waals surface area contributed by atoms with Gasteiger partial charge in [0.2, 0.25) is 0 Å². The van der Waals surface area contributed by atoms with Gasteiger partial charge in [0.05, 0.1) is 5.92 Å². The number of carbonyl (C=O) groups excluding carboxylic acids is 2. The van der Waals surface area contributed by atoms with Gasteiger partial charge in [0.25, 0.3) is 0 Å². The van der Waals surface area contributed by atoms with Gasteiger partial charge in [-0.2, -0.15) is 0 Å². The molecule has 0 spiro atoms. The van der Waals surface area contributed by atoms with Crippen LogP contribution >= 0.6 is 0 Å². The lowest BCUT2D eigenvalue weighted by Gasteiger charge is -2.23. The van der Waals surface area contributed by atoms with Crippen molar-refractivity contribution < 1.29 is 9.59 Å². The van der Waals surface area contributed by atoms with Crippen molar-refractivity contribution in [2.24, 2.45) is 11.8 Å². The normalized spacial score (nSPS) is 31.9. The van der Waals surface area contributed by atoms with Gasteiger partial charge in [-0.3, -0.25) is 4.79 Å². The Morgan fingerprint density at radius 3 is 2.91 bits per heavy atom. The highest BCUT2D eigenvalue weighted by molar-refractivity contribution is 5.93. The van der Waals surface area contributed by atoms with Crippen LogP contribution in [0.4, 0.5) is 0 Å². The Morgan fingerprint density at radius 2 is 2.36 bits per heavy atom. The fourth-order valence-electron chi connectivity index (χ4n) is 1.64. The van der Waals surface area contributed by atoms with Gasteiger partial charge < -0.3 is 4.79 Å². The van der Waals surface area contributed by atoms with Crippen molar-refractivity contribution in [2.45, 2.75) is 32.6 Å². The Labute approximate surface area is 67.0 Å². The Morgan fingerprint density at radius 1 is 1.64 bits per heavy atom. The van der Waals surface area contributed by atoms with Crippen molar-refractivity contribution in [3.05, 3.63) is 0 Å². The molecule has 62 valence electrons. The Balaban J connectivity index is 2.50. The lowest BCUT2D eigenvalue weighted by atomic mass is 9.80. The molecule has 0 radical (unpaired) electrons. The molecule has 0 heterocycles. The minimum Gasteiger partial charge on any atom is -0.303 e. The Bertz CT molecular complexity index is 163. The summed E-state index contributed by atoms with van der Waals surface area (Å²) in [5.41, 5.74) is 0. The quantitative estimate of drug-likeness (QED) is 0.447. The molecule has 0 saturated heterocycles. The zero-order valence-electron chi connectivity index (χ0n) is 6.88. The van der Waals surface area contributed by atoms with E-state index in [0.717, 1.165) is 25.5 Å². The first-order chi connectivity index (χ1) is 5.27. The van der Waals surface area contributed by atoms with E-state index >= 15 is 0 Å². The summed E-state index contributed by atoms with van der Waals surface area (Å²) in [6.45, 7) is 2.11. The number of rotatable bonds is 2. The third-order valence-corrected chi connectivity index (χ3v) is 2.54. The van der Waals surface area contributed by atoms with Crippen LogP contribution in [0.2, 0.25) is 0 Å². The van der Waals surface area contributed by atoms with Crippen molar-refractivity contribution in [2.75, 3.05) is 0 Å². The minimum absolute atomic E-state index is 0.143. The van der Waals surface area contributed by atoms with E-state index in [9.17, 15) is 9.59 Å². The molecular formula is C9H14O2. The monoisotopic (exact) mass is 154 g/mol. The fraction of sp³-hybridized carbons (Fsp3) is 0.778. The van der Waals surface area contributed by atoms with Gasteiger partial charge in [0.15, 0.2) is 0 Å². The van der Waals surface area contributed by atoms with E-state index in [1.807, 2.05) is 0 Å². The highest BCUT2D eigenvalue weighted by atomic mass is 16.1. The zero-order valence-corrected chi connectivity index (χ0v) is 6.88. The molecule has 0 aliphatic heterocycles. The maximum atomic E-state index is 11.1. The summed E-state index contributed by atoms with van der Waals surface area (Å²) in [6.07, 6.45) is 4.29. The molecule has 1 aliphatic rings. The van der Waals surface area contributed by atoms with E-state index < -0.39 is 0 Å². The molecule has 1 saturated carbocycles. The van der Waals surface area contributed by atoms with Crippen LogP contribution in [0.3, 0.4) is 0 Å². The van der Waals surface area contributed by atoms with Crippen molar-refractivity contribution >= 4 is 12.1 Å². The molecule has 0 amide bonds. The molecule has 1 aliphatic carbocycles. The average molecular weight is 154 g/mol. The number of carbonyl (C=O) groups is 2. The summed E-state index contributed by atoms with van der Waals surface area (Å²) in [7, 11) is 0. The largest absolute Gasteiger partial charge is 0.303 e. The molecule has 2 heteroatoms. The Hall–Kier alpha value is -0.660. The van der Waals surface area contributed by atoms with Crippen LogP contribution in [0.15, 0.2) is 0 Å². The zero-order chi connectivity index (χ0) is 8.27. The number of Topliss-reactive ketones (excluding diaryl/α,β-unsaturated/α-hetero) is 1. The number of aldehydes is 1. The smallest absolute Gasteiger partial charge is 0.143 e. The van der Waals surface area contributed by atoms with Gasteiger partial charge >= 0.3 is 0 Å². The molecule has 0 aromatic carbocycles. The average Bonchev–Trinajstić information content (AvgIpc) is 2.05. The molecule has 1 rings (SSSR count). The van der Waals surface area contributed by atoms with E-state index in [-0.39, 0.29) is 11.7 Å². The summed E-state index contributed by atoms with van der Waals surface area (Å²) in [5.74, 6) is 0.460. The molecule has 0 aromatic heterocycles. The lowest BCUT2D eigenvalue weighted by Crippen LogP contribution is -2.25. The van der Waals surface area contributed by atoms with Crippen LogP contribution in [0, 0.1) is 11.8 Å². The topological polar surface area (TPSA) is 34.1 Å². The van der Waals surface area contributed by atoms with Gasteiger partial charge in [-0.25, -0.2) is 0 Å². The first-order valence-electron chi connectivity index (χ1n) is 4.26. The van der Waals surface area contributed by atoms with Crippen LogP contribution in [0.5, 0.6) is 0 Å². The standard InChI is InChI=1S/C9H14O2/c1-2-7-3-4-9(11)8(5-7)6-10/h6-8H,2-5H2,1H3. The van der Waals surface area contributed by atoms with Crippen LogP contribution in [0.1, 0.15) is 32.6 Å². The minimum atomic E-state index is -0.284. The summed E-state index contributed by atoms with van der Waals surface area (Å²) in [4.78, 5) is 21.5. The first-order valence-corrected chi connectivity index (χ1v) is 4.26. The highest BCUT2D eigenvalue weighted by Crippen LogP contribution is 2.27. The molecule has 2 unspecified atom stereocenters. The maximum absolute atomic E-state index is 11.1. The van der Waals surface area contributed by atoms with Gasteiger partial charge in [-0.1, -0.05) is 13.3 Å². The fourth-order valence-corrected chi connectivity index (χ4v) is 1.64. The molecule has 11 heavy (non-hydrogen) atoms. The molecule has 2 atom stereocenters. The van der Waals surface area contributed by atoms with E-state index in [1.54, 1.807) is 0 Å². The lowest BCUT2D eigenvalue weighted by molar-refractivity contribution is -0.130. The van der Waals surface area contributed by atoms with Crippen molar-refractivity contribution in [1.29, 1.82) is 0 Å². The van der Waals surface area contributed by atoms with Gasteiger partial charge in [0, 0.05) is 6.42 Å². The second kappa shape index (κ2) is 3.65. The predicted octanol–water partition coefficient (Wildman–Crippen LogP) is 1.58. The van der Waals surface area contributed by atoms with Crippen molar-refractivity contribution in [1.82, 2.24) is 0 Å². The van der Waals surface area contributed by atoms with Crippen molar-refractivity contribution in [3.8, 4) is 0 Å². The van der Waals surface area contributed by atoms with E-state index in [1.165, 1.54) is 0 Å². The third-order valence-electron chi connectivity index (χ3n) is 2.54. The molecular weight excluding hydrogens is 140 g/mol. The Kier molecular flexibility index (Phi) is 2.80. The number of hydrogen-bond acceptors (Lipinski definition) is 2. The van der Waals surface area contributed by atoms with Crippen LogP contribution in [-0.4, -0.2) is 12.1 Å². The first kappa shape index (κ1) is 8.44. The summed E-state index contributed by atoms with van der Waals surface area (Å²) in [6, 6.07) is 0. The van der Waals surface area contributed by atoms with Gasteiger partial charge in [-0.05, 0) is 18.8 Å². The number of ketones is 1. The third kappa shape index (κ3) is 1.88. The molecule has 0 aromatic rings.